The highest BCUT2D eigenvalue weighted by Crippen LogP contribution is 2.29. The van der Waals surface area contributed by atoms with E-state index in [-0.39, 0.29) is 24.1 Å². The zero-order chi connectivity index (χ0) is 31.7. The van der Waals surface area contributed by atoms with Crippen LogP contribution in [-0.2, 0) is 30.2 Å². The van der Waals surface area contributed by atoms with E-state index >= 15 is 0 Å². The zero-order valence-corrected chi connectivity index (χ0v) is 24.4. The van der Waals surface area contributed by atoms with E-state index in [9.17, 15) is 27.9 Å². The summed E-state index contributed by atoms with van der Waals surface area (Å²) < 4.78 is 50.2. The Labute approximate surface area is 253 Å². The highest BCUT2D eigenvalue weighted by atomic mass is 19.4. The van der Waals surface area contributed by atoms with Crippen LogP contribution in [0, 0.1) is 0 Å². The summed E-state index contributed by atoms with van der Waals surface area (Å²) in [4.78, 5) is 33.3. The molecule has 0 aliphatic carbocycles. The van der Waals surface area contributed by atoms with Gasteiger partial charge in [0, 0.05) is 36.1 Å². The molecule has 230 valence electrons. The van der Waals surface area contributed by atoms with E-state index in [4.69, 9.17) is 9.15 Å². The number of carboxylic acids is 1. The van der Waals surface area contributed by atoms with Crippen molar-refractivity contribution >= 4 is 17.5 Å². The molecule has 1 heterocycles. The highest BCUT2D eigenvalue weighted by Gasteiger charge is 2.30. The molecular weight excluding hydrogens is 573 g/mol. The predicted molar refractivity (Wildman–Crippen MR) is 160 cm³/mol. The Hall–Kier alpha value is -4.73. The van der Waals surface area contributed by atoms with Crippen molar-refractivity contribution < 1.29 is 37.0 Å². The number of ether oxygens (including phenoxy) is 1. The zero-order valence-electron chi connectivity index (χ0n) is 24.4. The minimum Gasteiger partial charge on any atom is -0.494 e. The third kappa shape index (κ3) is 8.89. The van der Waals surface area contributed by atoms with Crippen LogP contribution in [0.4, 0.5) is 13.2 Å². The van der Waals surface area contributed by atoms with Gasteiger partial charge in [-0.3, -0.25) is 9.79 Å². The van der Waals surface area contributed by atoms with Crippen LogP contribution in [0.25, 0.3) is 11.5 Å². The molecule has 0 amide bonds. The van der Waals surface area contributed by atoms with Gasteiger partial charge in [-0.1, -0.05) is 49.4 Å². The molecule has 0 radical (unpaired) electrons. The molecule has 3 aromatic carbocycles. The molecule has 0 aliphatic rings. The molecule has 1 aromatic heterocycles. The second-order valence-corrected chi connectivity index (χ2v) is 10.3. The van der Waals surface area contributed by atoms with Gasteiger partial charge >= 0.3 is 12.1 Å². The molecule has 1 N–H and O–H groups in total. The SMILES string of the molecule is CCc1oc(-c2ccccc2)nc1CCCOc1ccc(C[C@H](N=C(C)CC(=O)c2ccc(C(F)(F)F)cc2)C(=O)O)cc1. The molecule has 10 heteroatoms. The first kappa shape index (κ1) is 32.2. The molecule has 0 aliphatic heterocycles. The van der Waals surface area contributed by atoms with Crippen LogP contribution >= 0.6 is 0 Å². The molecule has 1 atom stereocenters. The van der Waals surface area contributed by atoms with Crippen molar-refractivity contribution in [3.05, 3.63) is 107 Å². The van der Waals surface area contributed by atoms with E-state index in [2.05, 4.69) is 9.98 Å². The van der Waals surface area contributed by atoms with Crippen LogP contribution in [0.3, 0.4) is 0 Å². The third-order valence-electron chi connectivity index (χ3n) is 6.91. The number of rotatable bonds is 14. The maximum Gasteiger partial charge on any atom is 0.416 e. The number of aliphatic imine (C=N–C) groups is 1. The van der Waals surface area contributed by atoms with E-state index in [1.54, 1.807) is 24.3 Å². The summed E-state index contributed by atoms with van der Waals surface area (Å²) in [6.07, 6.45) is -2.43. The Morgan fingerprint density at radius 2 is 1.68 bits per heavy atom. The summed E-state index contributed by atoms with van der Waals surface area (Å²) in [6.45, 7) is 4.02. The number of hydrogen-bond donors (Lipinski definition) is 1. The highest BCUT2D eigenvalue weighted by molar-refractivity contribution is 6.09. The van der Waals surface area contributed by atoms with Crippen LogP contribution in [0.2, 0.25) is 0 Å². The minimum absolute atomic E-state index is 0.0944. The fraction of sp³-hybridized carbons (Fsp3) is 0.294. The number of halogens is 3. The van der Waals surface area contributed by atoms with Crippen molar-refractivity contribution in [2.24, 2.45) is 4.99 Å². The second-order valence-electron chi connectivity index (χ2n) is 10.3. The summed E-state index contributed by atoms with van der Waals surface area (Å²) in [6, 6.07) is 19.6. The van der Waals surface area contributed by atoms with Gasteiger partial charge in [0.15, 0.2) is 11.8 Å². The number of aliphatic carboxylic acids is 1. The first-order valence-electron chi connectivity index (χ1n) is 14.3. The maximum atomic E-state index is 12.8. The lowest BCUT2D eigenvalue weighted by atomic mass is 10.0. The number of benzene rings is 3. The van der Waals surface area contributed by atoms with Crippen LogP contribution in [0.15, 0.2) is 88.3 Å². The number of aromatic nitrogens is 1. The predicted octanol–water partition coefficient (Wildman–Crippen LogP) is 7.66. The summed E-state index contributed by atoms with van der Waals surface area (Å²) in [5.74, 6) is 0.517. The van der Waals surface area contributed by atoms with E-state index in [0.29, 0.717) is 24.7 Å². The van der Waals surface area contributed by atoms with Crippen molar-refractivity contribution in [2.45, 2.75) is 58.2 Å². The van der Waals surface area contributed by atoms with Gasteiger partial charge in [-0.05, 0) is 61.7 Å². The monoisotopic (exact) mass is 606 g/mol. The van der Waals surface area contributed by atoms with Gasteiger partial charge in [0.1, 0.15) is 11.5 Å². The van der Waals surface area contributed by atoms with E-state index in [0.717, 1.165) is 59.7 Å². The summed E-state index contributed by atoms with van der Waals surface area (Å²) in [5.41, 5.74) is 2.09. The standard InChI is InChI=1S/C34H33F3N2O5/c1-3-31-28(39-32(44-31)25-8-5-4-6-9-25)10-7-19-43-27-17-11-23(12-18-27)21-29(33(41)42)38-22(2)20-30(40)24-13-15-26(16-14-24)34(35,36)37/h4-6,8-9,11-18,29H,3,7,10,19-21H2,1-2H3,(H,41,42)/t29-/m0/s1. The van der Waals surface area contributed by atoms with Gasteiger partial charge in [0.2, 0.25) is 5.89 Å². The van der Waals surface area contributed by atoms with Gasteiger partial charge in [0.25, 0.3) is 0 Å². The molecule has 0 unspecified atom stereocenters. The van der Waals surface area contributed by atoms with Gasteiger partial charge < -0.3 is 14.3 Å². The topological polar surface area (TPSA) is 102 Å². The number of carbonyl (C=O) groups is 2. The number of carboxylic acid groups (broad SMARTS) is 1. The average Bonchev–Trinajstić information content (AvgIpc) is 3.43. The van der Waals surface area contributed by atoms with Gasteiger partial charge in [0.05, 0.1) is 17.9 Å². The van der Waals surface area contributed by atoms with Crippen molar-refractivity contribution in [3.8, 4) is 17.2 Å². The Kier molecular flexibility index (Phi) is 10.7. The third-order valence-corrected chi connectivity index (χ3v) is 6.91. The van der Waals surface area contributed by atoms with Crippen LogP contribution < -0.4 is 4.74 Å². The first-order valence-corrected chi connectivity index (χ1v) is 14.3. The van der Waals surface area contributed by atoms with E-state index in [1.807, 2.05) is 37.3 Å². The molecule has 44 heavy (non-hydrogen) atoms. The Balaban J connectivity index is 1.28. The number of nitrogens with zero attached hydrogens (tertiary/aromatic N) is 2. The minimum atomic E-state index is -4.50. The number of oxazole rings is 1. The number of ketones is 1. The fourth-order valence-corrected chi connectivity index (χ4v) is 4.61. The van der Waals surface area contributed by atoms with E-state index in [1.165, 1.54) is 6.92 Å². The maximum absolute atomic E-state index is 12.8. The molecule has 0 fully saturated rings. The summed E-state index contributed by atoms with van der Waals surface area (Å²) in [5, 5.41) is 9.70. The lowest BCUT2D eigenvalue weighted by Crippen LogP contribution is -2.22. The molecule has 0 saturated heterocycles. The Morgan fingerprint density at radius 3 is 2.30 bits per heavy atom. The van der Waals surface area contributed by atoms with Crippen molar-refractivity contribution in [1.29, 1.82) is 0 Å². The molecule has 0 saturated carbocycles. The summed E-state index contributed by atoms with van der Waals surface area (Å²) >= 11 is 0. The van der Waals surface area contributed by atoms with Crippen LogP contribution in [-0.4, -0.2) is 40.2 Å². The average molecular weight is 607 g/mol. The van der Waals surface area contributed by atoms with Crippen LogP contribution in [0.1, 0.15) is 59.6 Å². The van der Waals surface area contributed by atoms with Crippen LogP contribution in [0.5, 0.6) is 5.75 Å². The fourth-order valence-electron chi connectivity index (χ4n) is 4.61. The molecule has 4 aromatic rings. The van der Waals surface area contributed by atoms with Crippen molar-refractivity contribution in [2.75, 3.05) is 6.61 Å². The molecule has 0 bridgehead atoms. The van der Waals surface area contributed by atoms with E-state index < -0.39 is 29.5 Å². The first-order chi connectivity index (χ1) is 21.0. The number of hydrogen-bond acceptors (Lipinski definition) is 6. The van der Waals surface area contributed by atoms with Gasteiger partial charge in [-0.15, -0.1) is 0 Å². The quantitative estimate of drug-likeness (QED) is 0.0898. The lowest BCUT2D eigenvalue weighted by molar-refractivity contribution is -0.139. The normalized spacial score (nSPS) is 12.6. The van der Waals surface area contributed by atoms with Crippen molar-refractivity contribution in [3.63, 3.8) is 0 Å². The second kappa shape index (κ2) is 14.6. The Bertz CT molecular complexity index is 1580. The molecule has 0 spiro atoms. The molecule has 4 rings (SSSR count). The lowest BCUT2D eigenvalue weighted by Gasteiger charge is -2.11. The number of alkyl halides is 3. The summed E-state index contributed by atoms with van der Waals surface area (Å²) in [7, 11) is 0. The van der Waals surface area contributed by atoms with Gasteiger partial charge in [-0.2, -0.15) is 13.2 Å². The largest absolute Gasteiger partial charge is 0.494 e. The molecular formula is C34H33F3N2O5. The van der Waals surface area contributed by atoms with Gasteiger partial charge in [-0.25, -0.2) is 9.78 Å². The molecule has 7 nitrogen and oxygen atoms in total. The smallest absolute Gasteiger partial charge is 0.416 e. The van der Waals surface area contributed by atoms with Crippen molar-refractivity contribution in [1.82, 2.24) is 4.98 Å². The number of aryl methyl sites for hydroxylation is 2. The number of Topliss-reactive ketones (excluding diaryl/α,β-unsaturated/α-hetero) is 1. The number of carbonyl (C=O) groups excluding carboxylic acids is 1. The Morgan fingerprint density at radius 1 is 1.00 bits per heavy atom.